The molecule has 1 aromatic carbocycles. The van der Waals surface area contributed by atoms with Gasteiger partial charge in [0, 0.05) is 18.8 Å². The van der Waals surface area contributed by atoms with Crippen molar-refractivity contribution >= 4 is 0 Å². The van der Waals surface area contributed by atoms with Crippen LogP contribution >= 0.6 is 0 Å². The van der Waals surface area contributed by atoms with Crippen molar-refractivity contribution in [2.45, 2.75) is 33.0 Å². The van der Waals surface area contributed by atoms with Crippen molar-refractivity contribution in [2.24, 2.45) is 0 Å². The lowest BCUT2D eigenvalue weighted by Gasteiger charge is -2.11. The van der Waals surface area contributed by atoms with Crippen LogP contribution in [0.25, 0.3) is 0 Å². The van der Waals surface area contributed by atoms with Crippen LogP contribution in [0.5, 0.6) is 11.5 Å². The molecule has 0 saturated heterocycles. The summed E-state index contributed by atoms with van der Waals surface area (Å²) in [6, 6.07) is 12.1. The topological polar surface area (TPSA) is 43.4 Å². The van der Waals surface area contributed by atoms with E-state index in [4.69, 9.17) is 9.47 Å². The Balaban J connectivity index is 1.91. The predicted molar refractivity (Wildman–Crippen MR) is 83.5 cm³/mol. The maximum Gasteiger partial charge on any atom is 0.161 e. The number of ether oxygens (including phenoxy) is 2. The van der Waals surface area contributed by atoms with E-state index < -0.39 is 0 Å². The lowest BCUT2D eigenvalue weighted by atomic mass is 10.2. The molecule has 0 aliphatic heterocycles. The molecule has 0 atom stereocenters. The lowest BCUT2D eigenvalue weighted by Crippen LogP contribution is -2.21. The molecule has 4 heteroatoms. The first-order chi connectivity index (χ1) is 10.2. The molecule has 0 spiro atoms. The molecule has 1 heterocycles. The van der Waals surface area contributed by atoms with Crippen molar-refractivity contribution in [3.05, 3.63) is 53.9 Å². The highest BCUT2D eigenvalue weighted by Crippen LogP contribution is 2.26. The van der Waals surface area contributed by atoms with Crippen molar-refractivity contribution < 1.29 is 9.47 Å². The Morgan fingerprint density at radius 2 is 1.86 bits per heavy atom. The van der Waals surface area contributed by atoms with Gasteiger partial charge in [-0.25, -0.2) is 0 Å². The number of aromatic nitrogens is 1. The molecule has 21 heavy (non-hydrogen) atoms. The highest BCUT2D eigenvalue weighted by atomic mass is 16.5. The minimum atomic E-state index is 0.429. The fraction of sp³-hybridized carbons (Fsp3) is 0.353. The van der Waals surface area contributed by atoms with E-state index in [9.17, 15) is 0 Å². The number of benzene rings is 1. The van der Waals surface area contributed by atoms with Gasteiger partial charge in [0.25, 0.3) is 0 Å². The Labute approximate surface area is 126 Å². The fourth-order valence-corrected chi connectivity index (χ4v) is 1.86. The van der Waals surface area contributed by atoms with Crippen LogP contribution in [0.3, 0.4) is 0 Å². The number of nitrogens with one attached hydrogen (secondary N) is 1. The molecule has 0 aliphatic rings. The summed E-state index contributed by atoms with van der Waals surface area (Å²) >= 11 is 0. The van der Waals surface area contributed by atoms with Gasteiger partial charge in [-0.2, -0.15) is 0 Å². The third kappa shape index (κ3) is 4.76. The van der Waals surface area contributed by atoms with Crippen LogP contribution in [0.1, 0.15) is 25.1 Å². The highest BCUT2D eigenvalue weighted by molar-refractivity contribution is 5.39. The van der Waals surface area contributed by atoms with Crippen molar-refractivity contribution in [3.63, 3.8) is 0 Å². The molecule has 0 aliphatic carbocycles. The standard InChI is InChI=1S/C17H22N2O2/c1-13(2)18-10-14-8-9-15(19-11-14)12-21-17-7-5-4-6-16(17)20-3/h4-9,11,13,18H,10,12H2,1-3H3. The molecular formula is C17H22N2O2. The van der Waals surface area contributed by atoms with Crippen LogP contribution in [0.15, 0.2) is 42.6 Å². The van der Waals surface area contributed by atoms with Crippen LogP contribution < -0.4 is 14.8 Å². The van der Waals surface area contributed by atoms with Gasteiger partial charge in [-0.15, -0.1) is 0 Å². The third-order valence-corrected chi connectivity index (χ3v) is 3.05. The monoisotopic (exact) mass is 286 g/mol. The second-order valence-electron chi connectivity index (χ2n) is 5.13. The second kappa shape index (κ2) is 7.64. The molecule has 0 saturated carbocycles. The molecule has 0 unspecified atom stereocenters. The Morgan fingerprint density at radius 3 is 2.48 bits per heavy atom. The Kier molecular flexibility index (Phi) is 5.58. The number of hydrogen-bond donors (Lipinski definition) is 1. The molecule has 112 valence electrons. The first-order valence-corrected chi connectivity index (χ1v) is 7.12. The predicted octanol–water partition coefficient (Wildman–Crippen LogP) is 3.17. The summed E-state index contributed by atoms with van der Waals surface area (Å²) < 4.78 is 11.0. The van der Waals surface area contributed by atoms with E-state index >= 15 is 0 Å². The quantitative estimate of drug-likeness (QED) is 0.849. The van der Waals surface area contributed by atoms with Crippen LogP contribution in [-0.4, -0.2) is 18.1 Å². The molecule has 1 aromatic heterocycles. The number of methoxy groups -OCH3 is 1. The Morgan fingerprint density at radius 1 is 1.10 bits per heavy atom. The summed E-state index contributed by atoms with van der Waals surface area (Å²) in [6.07, 6.45) is 1.89. The average molecular weight is 286 g/mol. The van der Waals surface area contributed by atoms with Gasteiger partial charge in [0.2, 0.25) is 0 Å². The van der Waals surface area contributed by atoms with Gasteiger partial charge in [0.15, 0.2) is 11.5 Å². The number of para-hydroxylation sites is 2. The van der Waals surface area contributed by atoms with E-state index in [-0.39, 0.29) is 0 Å². The van der Waals surface area contributed by atoms with Crippen LogP contribution in [0, 0.1) is 0 Å². The van der Waals surface area contributed by atoms with Crippen LogP contribution in [0.2, 0.25) is 0 Å². The molecule has 0 fully saturated rings. The summed E-state index contributed by atoms with van der Waals surface area (Å²) in [7, 11) is 1.64. The average Bonchev–Trinajstić information content (AvgIpc) is 2.52. The molecule has 2 rings (SSSR count). The van der Waals surface area contributed by atoms with Crippen molar-refractivity contribution in [2.75, 3.05) is 7.11 Å². The molecular weight excluding hydrogens is 264 g/mol. The maximum absolute atomic E-state index is 5.75. The van der Waals surface area contributed by atoms with Gasteiger partial charge in [0.05, 0.1) is 12.8 Å². The van der Waals surface area contributed by atoms with Crippen molar-refractivity contribution in [1.29, 1.82) is 0 Å². The maximum atomic E-state index is 5.75. The first kappa shape index (κ1) is 15.3. The van der Waals surface area contributed by atoms with E-state index in [2.05, 4.69) is 30.2 Å². The molecule has 0 radical (unpaired) electrons. The van der Waals surface area contributed by atoms with Gasteiger partial charge in [0.1, 0.15) is 6.61 Å². The van der Waals surface area contributed by atoms with Crippen LogP contribution in [-0.2, 0) is 13.2 Å². The molecule has 1 N–H and O–H groups in total. The molecule has 0 bridgehead atoms. The SMILES string of the molecule is COc1ccccc1OCc1ccc(CNC(C)C)cn1. The number of rotatable bonds is 7. The Hall–Kier alpha value is -2.07. The lowest BCUT2D eigenvalue weighted by molar-refractivity contribution is 0.280. The first-order valence-electron chi connectivity index (χ1n) is 7.12. The van der Waals surface area contributed by atoms with Crippen molar-refractivity contribution in [3.8, 4) is 11.5 Å². The summed E-state index contributed by atoms with van der Waals surface area (Å²) in [4.78, 5) is 4.42. The van der Waals surface area contributed by atoms with E-state index in [0.717, 1.165) is 23.7 Å². The summed E-state index contributed by atoms with van der Waals surface area (Å²) in [5.41, 5.74) is 2.07. The van der Waals surface area contributed by atoms with Gasteiger partial charge >= 0.3 is 0 Å². The summed E-state index contributed by atoms with van der Waals surface area (Å²) in [5, 5.41) is 3.37. The van der Waals surface area contributed by atoms with E-state index in [1.54, 1.807) is 7.11 Å². The molecule has 2 aromatic rings. The van der Waals surface area contributed by atoms with E-state index in [1.807, 2.05) is 36.5 Å². The van der Waals surface area contributed by atoms with Crippen LogP contribution in [0.4, 0.5) is 0 Å². The van der Waals surface area contributed by atoms with Crippen molar-refractivity contribution in [1.82, 2.24) is 10.3 Å². The fourth-order valence-electron chi connectivity index (χ4n) is 1.86. The molecule has 4 nitrogen and oxygen atoms in total. The third-order valence-electron chi connectivity index (χ3n) is 3.05. The largest absolute Gasteiger partial charge is 0.493 e. The minimum absolute atomic E-state index is 0.429. The van der Waals surface area contributed by atoms with E-state index in [0.29, 0.717) is 12.6 Å². The zero-order valence-electron chi connectivity index (χ0n) is 12.8. The summed E-state index contributed by atoms with van der Waals surface area (Å²) in [6.45, 7) is 5.52. The zero-order valence-corrected chi connectivity index (χ0v) is 12.8. The van der Waals surface area contributed by atoms with Gasteiger partial charge in [-0.1, -0.05) is 32.0 Å². The smallest absolute Gasteiger partial charge is 0.161 e. The number of hydrogen-bond acceptors (Lipinski definition) is 4. The van der Waals surface area contributed by atoms with E-state index in [1.165, 1.54) is 5.56 Å². The number of pyridine rings is 1. The zero-order chi connectivity index (χ0) is 15.1. The van der Waals surface area contributed by atoms with Gasteiger partial charge in [-0.3, -0.25) is 4.98 Å². The van der Waals surface area contributed by atoms with Gasteiger partial charge < -0.3 is 14.8 Å². The number of nitrogens with zero attached hydrogens (tertiary/aromatic N) is 1. The Bertz CT molecular complexity index is 553. The minimum Gasteiger partial charge on any atom is -0.493 e. The second-order valence-corrected chi connectivity index (χ2v) is 5.13. The van der Waals surface area contributed by atoms with Gasteiger partial charge in [-0.05, 0) is 23.8 Å². The molecule has 0 amide bonds. The normalized spacial score (nSPS) is 10.7. The highest BCUT2D eigenvalue weighted by Gasteiger charge is 2.04. The summed E-state index contributed by atoms with van der Waals surface area (Å²) in [5.74, 6) is 1.46.